The fourth-order valence-corrected chi connectivity index (χ4v) is 5.70. The zero-order valence-electron chi connectivity index (χ0n) is 15.7. The van der Waals surface area contributed by atoms with Crippen molar-refractivity contribution in [1.82, 2.24) is 0 Å². The SMILES string of the molecule is O=C(Nc1ccccc1)c1ccc(N2C(=O)C3C4C=CC(C5CC45)C3C2=O)cc1. The van der Waals surface area contributed by atoms with Crippen molar-refractivity contribution < 1.29 is 14.4 Å². The molecule has 1 aliphatic heterocycles. The van der Waals surface area contributed by atoms with E-state index >= 15 is 0 Å². The summed E-state index contributed by atoms with van der Waals surface area (Å²) in [6.07, 6.45) is 5.50. The Balaban J connectivity index is 1.24. The van der Waals surface area contributed by atoms with Gasteiger partial charge in [-0.2, -0.15) is 0 Å². The molecule has 0 radical (unpaired) electrons. The summed E-state index contributed by atoms with van der Waals surface area (Å²) >= 11 is 0. The molecule has 2 saturated carbocycles. The molecular formula is C24H20N2O3. The van der Waals surface area contributed by atoms with E-state index in [0.717, 1.165) is 12.1 Å². The number of amides is 3. The van der Waals surface area contributed by atoms with Crippen LogP contribution in [0, 0.1) is 35.5 Å². The van der Waals surface area contributed by atoms with Crippen LogP contribution in [0.2, 0.25) is 0 Å². The number of para-hydroxylation sites is 1. The number of rotatable bonds is 3. The van der Waals surface area contributed by atoms with Gasteiger partial charge in [-0.15, -0.1) is 0 Å². The first-order valence-corrected chi connectivity index (χ1v) is 10.2. The van der Waals surface area contributed by atoms with Crippen LogP contribution in [0.5, 0.6) is 0 Å². The number of hydrogen-bond acceptors (Lipinski definition) is 3. The van der Waals surface area contributed by atoms with Crippen molar-refractivity contribution in [2.24, 2.45) is 35.5 Å². The molecule has 2 aromatic carbocycles. The van der Waals surface area contributed by atoms with E-state index in [9.17, 15) is 14.4 Å². The number of anilines is 2. The van der Waals surface area contributed by atoms with E-state index in [1.807, 2.05) is 30.3 Å². The van der Waals surface area contributed by atoms with E-state index in [4.69, 9.17) is 0 Å². The molecule has 6 atom stereocenters. The molecule has 2 bridgehead atoms. The molecule has 5 aliphatic rings. The summed E-state index contributed by atoms with van der Waals surface area (Å²) in [7, 11) is 0. The molecule has 0 spiro atoms. The van der Waals surface area contributed by atoms with Crippen LogP contribution in [-0.4, -0.2) is 17.7 Å². The summed E-state index contributed by atoms with van der Waals surface area (Å²) in [5, 5.41) is 2.84. The standard InChI is InChI=1S/C24H20N2O3/c27-22(25-14-4-2-1-3-5-14)13-6-8-15(9-7-13)26-23(28)20-16-10-11-17(19-12-18(16)19)21(20)24(26)29/h1-11,16-21H,12H2,(H,25,27). The summed E-state index contributed by atoms with van der Waals surface area (Å²) in [5.41, 5.74) is 1.76. The normalized spacial score (nSPS) is 33.4. The molecule has 2 aromatic rings. The number of hydrogen-bond donors (Lipinski definition) is 1. The number of nitrogens with one attached hydrogen (secondary N) is 1. The van der Waals surface area contributed by atoms with Gasteiger partial charge in [-0.25, -0.2) is 0 Å². The first kappa shape index (κ1) is 16.7. The molecule has 3 fully saturated rings. The summed E-state index contributed by atoms with van der Waals surface area (Å²) in [6, 6.07) is 16.0. The molecule has 3 amide bonds. The Morgan fingerprint density at radius 3 is 2.00 bits per heavy atom. The predicted molar refractivity (Wildman–Crippen MR) is 108 cm³/mol. The highest BCUT2D eigenvalue weighted by molar-refractivity contribution is 6.22. The topological polar surface area (TPSA) is 66.5 Å². The fraction of sp³-hybridized carbons (Fsp3) is 0.292. The molecule has 1 heterocycles. The van der Waals surface area contributed by atoms with Crippen molar-refractivity contribution in [2.75, 3.05) is 10.2 Å². The van der Waals surface area contributed by atoms with Gasteiger partial charge in [0.2, 0.25) is 11.8 Å². The molecular weight excluding hydrogens is 364 g/mol. The molecule has 29 heavy (non-hydrogen) atoms. The fourth-order valence-electron chi connectivity index (χ4n) is 5.70. The number of benzene rings is 2. The highest BCUT2D eigenvalue weighted by Gasteiger charge is 2.67. The quantitative estimate of drug-likeness (QED) is 0.651. The Morgan fingerprint density at radius 2 is 1.41 bits per heavy atom. The average Bonchev–Trinajstić information content (AvgIpc) is 3.53. The largest absolute Gasteiger partial charge is 0.322 e. The van der Waals surface area contributed by atoms with Crippen LogP contribution >= 0.6 is 0 Å². The lowest BCUT2D eigenvalue weighted by Gasteiger charge is -2.37. The van der Waals surface area contributed by atoms with E-state index in [1.54, 1.807) is 24.3 Å². The van der Waals surface area contributed by atoms with Gasteiger partial charge in [-0.3, -0.25) is 19.3 Å². The van der Waals surface area contributed by atoms with Crippen LogP contribution in [0.15, 0.2) is 66.7 Å². The van der Waals surface area contributed by atoms with E-state index in [0.29, 0.717) is 23.1 Å². The molecule has 1 N–H and O–H groups in total. The first-order valence-electron chi connectivity index (χ1n) is 10.2. The van der Waals surface area contributed by atoms with E-state index in [2.05, 4.69) is 17.5 Å². The minimum Gasteiger partial charge on any atom is -0.322 e. The molecule has 4 aliphatic carbocycles. The summed E-state index contributed by atoms with van der Waals surface area (Å²) < 4.78 is 0. The zero-order valence-corrected chi connectivity index (χ0v) is 15.7. The third-order valence-corrected chi connectivity index (χ3v) is 7.08. The molecule has 7 rings (SSSR count). The van der Waals surface area contributed by atoms with Crippen molar-refractivity contribution >= 4 is 29.1 Å². The second kappa shape index (κ2) is 5.89. The molecule has 6 unspecified atom stereocenters. The molecule has 5 heteroatoms. The number of nitrogens with zero attached hydrogens (tertiary/aromatic N) is 1. The van der Waals surface area contributed by atoms with Crippen molar-refractivity contribution in [3.05, 3.63) is 72.3 Å². The van der Waals surface area contributed by atoms with Gasteiger partial charge in [0.05, 0.1) is 17.5 Å². The van der Waals surface area contributed by atoms with Crippen LogP contribution in [0.4, 0.5) is 11.4 Å². The maximum absolute atomic E-state index is 13.2. The van der Waals surface area contributed by atoms with Crippen molar-refractivity contribution in [1.29, 1.82) is 0 Å². The van der Waals surface area contributed by atoms with Crippen LogP contribution in [-0.2, 0) is 9.59 Å². The van der Waals surface area contributed by atoms with Crippen molar-refractivity contribution in [2.45, 2.75) is 6.42 Å². The van der Waals surface area contributed by atoms with Gasteiger partial charge in [-0.05, 0) is 66.5 Å². The summed E-state index contributed by atoms with van der Waals surface area (Å²) in [4.78, 5) is 40.1. The lowest BCUT2D eigenvalue weighted by Crippen LogP contribution is -2.40. The Kier molecular flexibility index (Phi) is 3.40. The first-order chi connectivity index (χ1) is 14.1. The lowest BCUT2D eigenvalue weighted by molar-refractivity contribution is -0.124. The van der Waals surface area contributed by atoms with Gasteiger partial charge in [0.25, 0.3) is 5.91 Å². The van der Waals surface area contributed by atoms with Crippen LogP contribution in [0.25, 0.3) is 0 Å². The lowest BCUT2D eigenvalue weighted by atomic mass is 9.63. The van der Waals surface area contributed by atoms with Gasteiger partial charge in [0.15, 0.2) is 0 Å². The number of carbonyl (C=O) groups excluding carboxylic acids is 3. The average molecular weight is 384 g/mol. The van der Waals surface area contributed by atoms with E-state index in [-0.39, 0.29) is 41.4 Å². The smallest absolute Gasteiger partial charge is 0.255 e. The molecule has 0 aromatic heterocycles. The number of allylic oxidation sites excluding steroid dienone is 2. The van der Waals surface area contributed by atoms with Gasteiger partial charge in [-0.1, -0.05) is 30.4 Å². The van der Waals surface area contributed by atoms with Crippen molar-refractivity contribution in [3.63, 3.8) is 0 Å². The molecule has 1 saturated heterocycles. The minimum atomic E-state index is -0.224. The second-order valence-electron chi connectivity index (χ2n) is 8.53. The summed E-state index contributed by atoms with van der Waals surface area (Å²) in [5.74, 6) is 0.818. The third kappa shape index (κ3) is 2.36. The Hall–Kier alpha value is -3.21. The van der Waals surface area contributed by atoms with Crippen molar-refractivity contribution in [3.8, 4) is 0 Å². The Labute approximate surface area is 168 Å². The van der Waals surface area contributed by atoms with Crippen LogP contribution in [0.3, 0.4) is 0 Å². The number of carbonyl (C=O) groups is 3. The highest BCUT2D eigenvalue weighted by atomic mass is 16.2. The van der Waals surface area contributed by atoms with Gasteiger partial charge < -0.3 is 5.32 Å². The molecule has 144 valence electrons. The zero-order chi connectivity index (χ0) is 19.7. The number of imide groups is 1. The summed E-state index contributed by atoms with van der Waals surface area (Å²) in [6.45, 7) is 0. The second-order valence-corrected chi connectivity index (χ2v) is 8.53. The third-order valence-electron chi connectivity index (χ3n) is 7.08. The van der Waals surface area contributed by atoms with Gasteiger partial charge >= 0.3 is 0 Å². The van der Waals surface area contributed by atoms with Gasteiger partial charge in [0.1, 0.15) is 0 Å². The van der Waals surface area contributed by atoms with Gasteiger partial charge in [0, 0.05) is 11.3 Å². The maximum Gasteiger partial charge on any atom is 0.255 e. The van der Waals surface area contributed by atoms with Crippen LogP contribution < -0.4 is 10.2 Å². The highest BCUT2D eigenvalue weighted by Crippen LogP contribution is 2.65. The minimum absolute atomic E-state index is 0.0776. The van der Waals surface area contributed by atoms with Crippen LogP contribution in [0.1, 0.15) is 16.8 Å². The maximum atomic E-state index is 13.2. The predicted octanol–water partition coefficient (Wildman–Crippen LogP) is 3.50. The Bertz CT molecular complexity index is 1020. The molecule has 5 nitrogen and oxygen atoms in total. The van der Waals surface area contributed by atoms with E-state index in [1.165, 1.54) is 4.90 Å². The Morgan fingerprint density at radius 1 is 0.828 bits per heavy atom. The van der Waals surface area contributed by atoms with E-state index < -0.39 is 0 Å². The monoisotopic (exact) mass is 384 g/mol.